The predicted molar refractivity (Wildman–Crippen MR) is 136 cm³/mol. The van der Waals surface area contributed by atoms with Crippen LogP contribution >= 0.6 is 7.82 Å². The van der Waals surface area contributed by atoms with Crippen LogP contribution in [0.1, 0.15) is 78.1 Å². The van der Waals surface area contributed by atoms with E-state index in [1.54, 1.807) is 0 Å². The molecule has 0 spiro atoms. The van der Waals surface area contributed by atoms with Crippen LogP contribution < -0.4 is 5.73 Å². The van der Waals surface area contributed by atoms with Gasteiger partial charge in [0.05, 0.1) is 12.5 Å². The van der Waals surface area contributed by atoms with Crippen LogP contribution in [-0.2, 0) is 9.36 Å². The van der Waals surface area contributed by atoms with Gasteiger partial charge < -0.3 is 30.6 Å². The summed E-state index contributed by atoms with van der Waals surface area (Å²) in [6.07, 6.45) is 27.9. The molecule has 1 atom stereocenters. The van der Waals surface area contributed by atoms with E-state index in [0.717, 1.165) is 32.1 Å². The number of aliphatic hydroxyl groups is 1. The first kappa shape index (κ1) is 36.0. The van der Waals surface area contributed by atoms with E-state index in [9.17, 15) is 4.79 Å². The number of aliphatic carboxylic acids is 1. The molecule has 0 aliphatic heterocycles. The van der Waals surface area contributed by atoms with Gasteiger partial charge in [0, 0.05) is 6.54 Å². The summed E-state index contributed by atoms with van der Waals surface area (Å²) in [5.41, 5.74) is 4.78. The zero-order chi connectivity index (χ0) is 25.8. The normalized spacial score (nSPS) is 12.7. The topological polar surface area (TPSA) is 161 Å². The van der Waals surface area contributed by atoms with E-state index in [1.807, 2.05) is 6.92 Å². The second-order valence-electron chi connectivity index (χ2n) is 7.13. The zero-order valence-corrected chi connectivity index (χ0v) is 21.2. The van der Waals surface area contributed by atoms with E-state index in [-0.39, 0.29) is 12.5 Å². The number of unbranched alkanes of at least 4 members (excludes halogenated alkanes) is 3. The van der Waals surface area contributed by atoms with Crippen molar-refractivity contribution in [3.05, 3.63) is 48.6 Å². The molecule has 0 aromatic heterocycles. The molecule has 8 nitrogen and oxygen atoms in total. The third-order valence-electron chi connectivity index (χ3n) is 4.11. The van der Waals surface area contributed by atoms with Gasteiger partial charge in [-0.25, -0.2) is 4.57 Å². The first-order valence-corrected chi connectivity index (χ1v) is 13.1. The Labute approximate surface area is 199 Å². The molecule has 0 aliphatic rings. The summed E-state index contributed by atoms with van der Waals surface area (Å²) in [5.74, 6) is -0.871. The molecule has 0 aromatic rings. The van der Waals surface area contributed by atoms with Crippen molar-refractivity contribution in [2.24, 2.45) is 11.7 Å². The van der Waals surface area contributed by atoms with Gasteiger partial charge in [-0.2, -0.15) is 0 Å². The minimum atomic E-state index is -4.64. The number of hydrogen-bond acceptors (Lipinski definition) is 4. The number of allylic oxidation sites excluding steroid dienone is 8. The highest BCUT2D eigenvalue weighted by Crippen LogP contribution is 2.25. The molecular weight excluding hydrogens is 445 g/mol. The lowest BCUT2D eigenvalue weighted by Gasteiger charge is -2.06. The highest BCUT2D eigenvalue weighted by atomic mass is 31.2. The number of nitrogens with two attached hydrogens (primary N) is 1. The van der Waals surface area contributed by atoms with Crippen molar-refractivity contribution in [2.45, 2.75) is 78.1 Å². The smallest absolute Gasteiger partial charge is 0.466 e. The van der Waals surface area contributed by atoms with Crippen LogP contribution in [0.15, 0.2) is 48.6 Å². The summed E-state index contributed by atoms with van der Waals surface area (Å²) in [6, 6.07) is 0. The van der Waals surface area contributed by atoms with Gasteiger partial charge >= 0.3 is 13.8 Å². The van der Waals surface area contributed by atoms with Gasteiger partial charge in [-0.1, -0.05) is 75.3 Å². The van der Waals surface area contributed by atoms with Crippen molar-refractivity contribution in [3.63, 3.8) is 0 Å². The van der Waals surface area contributed by atoms with E-state index in [1.165, 1.54) is 25.7 Å². The van der Waals surface area contributed by atoms with E-state index < -0.39 is 13.8 Å². The third kappa shape index (κ3) is 44.8. The third-order valence-corrected chi connectivity index (χ3v) is 4.11. The van der Waals surface area contributed by atoms with Crippen molar-refractivity contribution in [1.82, 2.24) is 0 Å². The highest BCUT2D eigenvalue weighted by Gasteiger charge is 2.12. The van der Waals surface area contributed by atoms with Gasteiger partial charge in [-0.15, -0.1) is 0 Å². The summed E-state index contributed by atoms with van der Waals surface area (Å²) in [6.45, 7) is 4.64. The summed E-state index contributed by atoms with van der Waals surface area (Å²) >= 11 is 0. The van der Waals surface area contributed by atoms with E-state index in [2.05, 4.69) is 55.5 Å². The first-order valence-electron chi connectivity index (χ1n) is 11.6. The molecule has 0 saturated carbocycles. The van der Waals surface area contributed by atoms with Crippen molar-refractivity contribution in [3.8, 4) is 0 Å². The monoisotopic (exact) mass is 491 g/mol. The van der Waals surface area contributed by atoms with Crippen LogP contribution in [0.25, 0.3) is 0 Å². The highest BCUT2D eigenvalue weighted by molar-refractivity contribution is 7.45. The van der Waals surface area contributed by atoms with E-state index in [4.69, 9.17) is 35.2 Å². The van der Waals surface area contributed by atoms with E-state index >= 15 is 0 Å². The quantitative estimate of drug-likeness (QED) is 0.101. The zero-order valence-electron chi connectivity index (χ0n) is 20.3. The molecule has 33 heavy (non-hydrogen) atoms. The second kappa shape index (κ2) is 28.5. The van der Waals surface area contributed by atoms with Gasteiger partial charge in [-0.3, -0.25) is 4.79 Å². The number of phosphoric acid groups is 1. The van der Waals surface area contributed by atoms with Gasteiger partial charge in [0.2, 0.25) is 0 Å². The number of hydrogen-bond donors (Lipinski definition) is 6. The average Bonchev–Trinajstić information content (AvgIpc) is 2.74. The van der Waals surface area contributed by atoms with Crippen LogP contribution in [-0.4, -0.2) is 44.0 Å². The van der Waals surface area contributed by atoms with Crippen LogP contribution in [0, 0.1) is 5.92 Å². The van der Waals surface area contributed by atoms with Crippen molar-refractivity contribution >= 4 is 13.8 Å². The van der Waals surface area contributed by atoms with E-state index in [0.29, 0.717) is 13.0 Å². The molecule has 0 heterocycles. The summed E-state index contributed by atoms with van der Waals surface area (Å²) in [4.78, 5) is 32.4. The van der Waals surface area contributed by atoms with Crippen LogP contribution in [0.5, 0.6) is 0 Å². The lowest BCUT2D eigenvalue weighted by Crippen LogP contribution is -2.11. The Balaban J connectivity index is -0.000000841. The Morgan fingerprint density at radius 1 is 0.848 bits per heavy atom. The Morgan fingerprint density at radius 2 is 1.24 bits per heavy atom. The lowest BCUT2D eigenvalue weighted by molar-refractivity contribution is -0.142. The van der Waals surface area contributed by atoms with Crippen LogP contribution in [0.3, 0.4) is 0 Å². The standard InChI is InChI=1S/C22H36O2.C2H7NO.H3O4P/c1-3-5-6-7-8-9-10-11-12-13-14-15-16-17-18-19-20-21(4-2)22(23)24;3-1-2-4;1-5(2,3)4/h8-9,11-12,14-15,17-18,21H,3-7,10,13,16,19-20H2,1-2H3,(H,23,24);4H,1-3H2;(H3,1,2,3,4)/b9-8-,12-11-,15-14-,18-17-;;. The molecule has 0 radical (unpaired) electrons. The molecule has 0 fully saturated rings. The van der Waals surface area contributed by atoms with Crippen LogP contribution in [0.4, 0.5) is 0 Å². The Morgan fingerprint density at radius 3 is 1.58 bits per heavy atom. The molecule has 0 aliphatic carbocycles. The fraction of sp³-hybridized carbons (Fsp3) is 0.625. The molecule has 7 N–H and O–H groups in total. The molecule has 0 aromatic carbocycles. The van der Waals surface area contributed by atoms with Crippen molar-refractivity contribution < 1.29 is 34.3 Å². The predicted octanol–water partition coefficient (Wildman–Crippen LogP) is 4.86. The molecule has 0 amide bonds. The van der Waals surface area contributed by atoms with Crippen LogP contribution in [0.2, 0.25) is 0 Å². The fourth-order valence-corrected chi connectivity index (χ4v) is 2.36. The number of aliphatic hydroxyl groups excluding tert-OH is 1. The Kier molecular flexibility index (Phi) is 31.1. The van der Waals surface area contributed by atoms with Gasteiger partial charge in [0.1, 0.15) is 0 Å². The maximum atomic E-state index is 10.9. The molecular formula is C24H46NO7P. The largest absolute Gasteiger partial charge is 0.481 e. The molecule has 1 unspecified atom stereocenters. The van der Waals surface area contributed by atoms with Gasteiger partial charge in [0.25, 0.3) is 0 Å². The Bertz CT molecular complexity index is 573. The minimum absolute atomic E-state index is 0.0972. The number of carbonyl (C=O) groups is 1. The number of carboxylic acid groups (broad SMARTS) is 1. The summed E-state index contributed by atoms with van der Waals surface area (Å²) in [5, 5.41) is 16.7. The Hall–Kier alpha value is -1.54. The summed E-state index contributed by atoms with van der Waals surface area (Å²) in [7, 11) is -4.64. The SMILES string of the molecule is CCCCC/C=C\C/C=C\C/C=C\C/C=C\CCC(CC)C(=O)O.NCCO.O=P(O)(O)O. The maximum Gasteiger partial charge on any atom is 0.466 e. The van der Waals surface area contributed by atoms with Crippen molar-refractivity contribution in [2.75, 3.05) is 13.2 Å². The molecule has 0 saturated heterocycles. The summed E-state index contributed by atoms with van der Waals surface area (Å²) < 4.78 is 8.88. The second-order valence-corrected chi connectivity index (χ2v) is 8.16. The van der Waals surface area contributed by atoms with Gasteiger partial charge in [0.15, 0.2) is 0 Å². The lowest BCUT2D eigenvalue weighted by atomic mass is 10.0. The molecule has 194 valence electrons. The number of rotatable bonds is 16. The first-order chi connectivity index (χ1) is 15.6. The van der Waals surface area contributed by atoms with Crippen molar-refractivity contribution in [1.29, 1.82) is 0 Å². The molecule has 0 rings (SSSR count). The average molecular weight is 492 g/mol. The molecule has 9 heteroatoms. The molecule has 0 bridgehead atoms. The maximum absolute atomic E-state index is 10.9. The van der Waals surface area contributed by atoms with Gasteiger partial charge in [-0.05, 0) is 51.4 Å². The minimum Gasteiger partial charge on any atom is -0.481 e. The number of carboxylic acids is 1. The fourth-order valence-electron chi connectivity index (χ4n) is 2.36.